The summed E-state index contributed by atoms with van der Waals surface area (Å²) in [6, 6.07) is 13.2. The Morgan fingerprint density at radius 2 is 1.94 bits per heavy atom. The zero-order valence-corrected chi connectivity index (χ0v) is 18.5. The topological polar surface area (TPSA) is 108 Å². The molecule has 0 bridgehead atoms. The van der Waals surface area contributed by atoms with Crippen molar-refractivity contribution >= 4 is 17.6 Å². The van der Waals surface area contributed by atoms with Crippen LogP contribution >= 0.6 is 0 Å². The van der Waals surface area contributed by atoms with Gasteiger partial charge in [0.2, 0.25) is 0 Å². The first kappa shape index (κ1) is 23.1. The predicted molar refractivity (Wildman–Crippen MR) is 121 cm³/mol. The van der Waals surface area contributed by atoms with E-state index in [0.29, 0.717) is 25.1 Å². The lowest BCUT2D eigenvalue weighted by molar-refractivity contribution is -0.384. The fraction of sp³-hybridized carbons (Fsp3) is 0.292. The summed E-state index contributed by atoms with van der Waals surface area (Å²) < 4.78 is 20.9. The van der Waals surface area contributed by atoms with Crippen LogP contribution in [0.5, 0.6) is 0 Å². The summed E-state index contributed by atoms with van der Waals surface area (Å²) in [5.41, 5.74) is 0.942. The number of hydrogen-bond acceptors (Lipinski definition) is 6. The van der Waals surface area contributed by atoms with Crippen molar-refractivity contribution in [2.24, 2.45) is 5.92 Å². The number of nitrogens with zero attached hydrogens (tertiary/aromatic N) is 4. The first-order chi connectivity index (χ1) is 16.4. The average Bonchev–Trinajstić information content (AvgIpc) is 3.29. The Balaban J connectivity index is 1.73. The largest absolute Gasteiger partial charge is 0.466 e. The molecule has 2 aromatic carbocycles. The van der Waals surface area contributed by atoms with Gasteiger partial charge in [-0.15, -0.1) is 0 Å². The Bertz CT molecular complexity index is 1220. The van der Waals surface area contributed by atoms with E-state index in [4.69, 9.17) is 4.74 Å². The van der Waals surface area contributed by atoms with Crippen LogP contribution in [0.15, 0.2) is 54.6 Å². The van der Waals surface area contributed by atoms with E-state index in [1.54, 1.807) is 30.0 Å². The van der Waals surface area contributed by atoms with E-state index in [1.807, 2.05) is 0 Å². The standard InChI is InChI=1S/C24H23FN4O5/c1-2-34-24(31)16-6-5-13-27(15-16)23(30)22-14-21(19-7-3-4-8-20(19)25)26-28(22)17-9-11-18(12-10-17)29(32)33/h3-4,7-12,14,16H,2,5-6,13,15H2,1H3. The van der Waals surface area contributed by atoms with E-state index < -0.39 is 16.7 Å². The number of piperidine rings is 1. The van der Waals surface area contributed by atoms with Crippen molar-refractivity contribution in [2.45, 2.75) is 19.8 Å². The van der Waals surface area contributed by atoms with Crippen molar-refractivity contribution in [1.82, 2.24) is 14.7 Å². The van der Waals surface area contributed by atoms with Gasteiger partial charge in [-0.3, -0.25) is 19.7 Å². The van der Waals surface area contributed by atoms with Crippen molar-refractivity contribution in [2.75, 3.05) is 19.7 Å². The number of esters is 1. The van der Waals surface area contributed by atoms with Gasteiger partial charge in [0.1, 0.15) is 11.5 Å². The number of halogens is 1. The molecule has 2 heterocycles. The van der Waals surface area contributed by atoms with Crippen LogP contribution in [0.3, 0.4) is 0 Å². The Morgan fingerprint density at radius 3 is 2.62 bits per heavy atom. The van der Waals surface area contributed by atoms with Crippen LogP contribution < -0.4 is 0 Å². The van der Waals surface area contributed by atoms with E-state index in [-0.39, 0.29) is 47.7 Å². The lowest BCUT2D eigenvalue weighted by Crippen LogP contribution is -2.43. The van der Waals surface area contributed by atoms with Crippen LogP contribution in [0.25, 0.3) is 16.9 Å². The minimum absolute atomic E-state index is 0.105. The van der Waals surface area contributed by atoms with Crippen LogP contribution in [-0.2, 0) is 9.53 Å². The van der Waals surface area contributed by atoms with Crippen molar-refractivity contribution in [3.63, 3.8) is 0 Å². The molecular formula is C24H23FN4O5. The van der Waals surface area contributed by atoms with Crippen LogP contribution in [0, 0.1) is 21.8 Å². The quantitative estimate of drug-likeness (QED) is 0.309. The van der Waals surface area contributed by atoms with E-state index in [2.05, 4.69) is 5.10 Å². The average molecular weight is 466 g/mol. The zero-order chi connectivity index (χ0) is 24.2. The number of nitro groups is 1. The monoisotopic (exact) mass is 466 g/mol. The molecule has 0 saturated carbocycles. The number of amides is 1. The summed E-state index contributed by atoms with van der Waals surface area (Å²) in [6.45, 7) is 2.66. The molecule has 1 aromatic heterocycles. The normalized spacial score (nSPS) is 15.7. The Labute approximate surface area is 194 Å². The van der Waals surface area contributed by atoms with E-state index >= 15 is 0 Å². The zero-order valence-electron chi connectivity index (χ0n) is 18.5. The summed E-state index contributed by atoms with van der Waals surface area (Å²) in [5, 5.41) is 15.5. The van der Waals surface area contributed by atoms with Crippen molar-refractivity contribution < 1.29 is 23.6 Å². The molecule has 1 amide bonds. The van der Waals surface area contributed by atoms with Gasteiger partial charge in [0.15, 0.2) is 0 Å². The smallest absolute Gasteiger partial charge is 0.310 e. The maximum Gasteiger partial charge on any atom is 0.310 e. The summed E-state index contributed by atoms with van der Waals surface area (Å²) in [5.74, 6) is -1.62. The molecule has 0 radical (unpaired) electrons. The minimum atomic E-state index is -0.521. The number of aromatic nitrogens is 2. The molecule has 176 valence electrons. The number of carbonyl (C=O) groups is 2. The summed E-state index contributed by atoms with van der Waals surface area (Å²) in [6.07, 6.45) is 1.27. The van der Waals surface area contributed by atoms with E-state index in [9.17, 15) is 24.1 Å². The second kappa shape index (κ2) is 9.82. The van der Waals surface area contributed by atoms with Crippen molar-refractivity contribution in [3.8, 4) is 16.9 Å². The van der Waals surface area contributed by atoms with Gasteiger partial charge in [0.05, 0.1) is 28.8 Å². The van der Waals surface area contributed by atoms with Crippen molar-refractivity contribution in [1.29, 1.82) is 0 Å². The molecule has 1 aliphatic rings. The molecule has 1 fully saturated rings. The van der Waals surface area contributed by atoms with Crippen LogP contribution in [-0.4, -0.2) is 51.2 Å². The van der Waals surface area contributed by atoms with Gasteiger partial charge in [0, 0.05) is 30.8 Å². The number of benzene rings is 2. The minimum Gasteiger partial charge on any atom is -0.466 e. The SMILES string of the molecule is CCOC(=O)C1CCCN(C(=O)c2cc(-c3ccccc3F)nn2-c2ccc([N+](=O)[O-])cc2)C1. The van der Waals surface area contributed by atoms with Crippen LogP contribution in [0.2, 0.25) is 0 Å². The van der Waals surface area contributed by atoms with E-state index in [0.717, 1.165) is 0 Å². The second-order valence-electron chi connectivity index (χ2n) is 7.92. The van der Waals surface area contributed by atoms with Crippen LogP contribution in [0.4, 0.5) is 10.1 Å². The first-order valence-corrected chi connectivity index (χ1v) is 10.9. The molecule has 0 spiro atoms. The fourth-order valence-corrected chi connectivity index (χ4v) is 4.02. The Kier molecular flexibility index (Phi) is 6.67. The second-order valence-corrected chi connectivity index (χ2v) is 7.92. The van der Waals surface area contributed by atoms with Gasteiger partial charge in [-0.2, -0.15) is 5.10 Å². The number of non-ortho nitro benzene ring substituents is 1. The summed E-state index contributed by atoms with van der Waals surface area (Å²) in [7, 11) is 0. The first-order valence-electron chi connectivity index (χ1n) is 10.9. The predicted octanol–water partition coefficient (Wildman–Crippen LogP) is 4.00. The number of rotatable bonds is 6. The van der Waals surface area contributed by atoms with Gasteiger partial charge in [-0.05, 0) is 50.1 Å². The molecule has 0 aliphatic carbocycles. The number of ether oxygens (including phenoxy) is 1. The molecule has 9 nitrogen and oxygen atoms in total. The van der Waals surface area contributed by atoms with Gasteiger partial charge in [-0.1, -0.05) is 12.1 Å². The number of nitro benzene ring substituents is 1. The molecule has 34 heavy (non-hydrogen) atoms. The number of hydrogen-bond donors (Lipinski definition) is 0. The molecule has 10 heteroatoms. The molecule has 1 saturated heterocycles. The Hall–Kier alpha value is -4.08. The summed E-state index contributed by atoms with van der Waals surface area (Å²) >= 11 is 0. The highest BCUT2D eigenvalue weighted by Gasteiger charge is 2.32. The summed E-state index contributed by atoms with van der Waals surface area (Å²) in [4.78, 5) is 37.8. The fourth-order valence-electron chi connectivity index (χ4n) is 4.02. The number of likely N-dealkylation sites (tertiary alicyclic amines) is 1. The van der Waals surface area contributed by atoms with E-state index in [1.165, 1.54) is 41.1 Å². The third-order valence-electron chi connectivity index (χ3n) is 5.71. The third kappa shape index (κ3) is 4.66. The molecular weight excluding hydrogens is 443 g/mol. The lowest BCUT2D eigenvalue weighted by Gasteiger charge is -2.31. The van der Waals surface area contributed by atoms with Crippen molar-refractivity contribution in [3.05, 3.63) is 76.2 Å². The molecule has 1 aliphatic heterocycles. The highest BCUT2D eigenvalue weighted by molar-refractivity contribution is 5.95. The van der Waals surface area contributed by atoms with Crippen LogP contribution in [0.1, 0.15) is 30.3 Å². The molecule has 4 rings (SSSR count). The third-order valence-corrected chi connectivity index (χ3v) is 5.71. The molecule has 1 atom stereocenters. The maximum atomic E-state index is 14.5. The highest BCUT2D eigenvalue weighted by Crippen LogP contribution is 2.27. The van der Waals surface area contributed by atoms with Gasteiger partial charge in [-0.25, -0.2) is 9.07 Å². The van der Waals surface area contributed by atoms with Gasteiger partial charge >= 0.3 is 5.97 Å². The van der Waals surface area contributed by atoms with Gasteiger partial charge in [0.25, 0.3) is 11.6 Å². The lowest BCUT2D eigenvalue weighted by atomic mass is 9.98. The molecule has 0 N–H and O–H groups in total. The molecule has 1 unspecified atom stereocenters. The van der Waals surface area contributed by atoms with Gasteiger partial charge < -0.3 is 9.64 Å². The maximum absolute atomic E-state index is 14.5. The Morgan fingerprint density at radius 1 is 1.21 bits per heavy atom. The highest BCUT2D eigenvalue weighted by atomic mass is 19.1. The number of carbonyl (C=O) groups excluding carboxylic acids is 2. The molecule has 3 aromatic rings.